The summed E-state index contributed by atoms with van der Waals surface area (Å²) in [6.45, 7) is 1.76. The summed E-state index contributed by atoms with van der Waals surface area (Å²) < 4.78 is 5.17. The zero-order valence-corrected chi connectivity index (χ0v) is 10.8. The second-order valence-corrected chi connectivity index (χ2v) is 4.37. The van der Waals surface area contributed by atoms with E-state index >= 15 is 0 Å². The summed E-state index contributed by atoms with van der Waals surface area (Å²) in [5.74, 6) is 0.619. The van der Waals surface area contributed by atoms with Crippen LogP contribution in [0.25, 0.3) is 22.5 Å². The highest BCUT2D eigenvalue weighted by molar-refractivity contribution is 5.69. The zero-order chi connectivity index (χ0) is 14.1. The van der Waals surface area contributed by atoms with E-state index in [2.05, 4.69) is 9.97 Å². The summed E-state index contributed by atoms with van der Waals surface area (Å²) in [5, 5.41) is 10.1. The van der Waals surface area contributed by atoms with Gasteiger partial charge in [0.2, 0.25) is 5.88 Å². The van der Waals surface area contributed by atoms with Gasteiger partial charge in [-0.15, -0.1) is 0 Å². The Labute approximate surface area is 114 Å². The highest BCUT2D eigenvalue weighted by Crippen LogP contribution is 2.26. The highest BCUT2D eigenvalue weighted by Gasteiger charge is 2.15. The van der Waals surface area contributed by atoms with Crippen LogP contribution in [-0.4, -0.2) is 15.1 Å². The Morgan fingerprint density at radius 2 is 1.95 bits per heavy atom. The first kappa shape index (κ1) is 12.2. The largest absolute Gasteiger partial charge is 0.493 e. The van der Waals surface area contributed by atoms with E-state index in [4.69, 9.17) is 4.42 Å². The molecule has 0 amide bonds. The lowest BCUT2D eigenvalue weighted by Gasteiger charge is -2.05. The van der Waals surface area contributed by atoms with Crippen molar-refractivity contribution >= 4 is 0 Å². The minimum absolute atomic E-state index is 0.162. The number of furan rings is 1. The third-order valence-corrected chi connectivity index (χ3v) is 3.08. The Kier molecular flexibility index (Phi) is 2.87. The molecular formula is C15H12N2O3. The summed E-state index contributed by atoms with van der Waals surface area (Å²) in [6.07, 6.45) is 1.51. The molecule has 0 unspecified atom stereocenters. The van der Waals surface area contributed by atoms with Gasteiger partial charge in [0.1, 0.15) is 17.1 Å². The molecule has 2 aromatic heterocycles. The Morgan fingerprint density at radius 1 is 1.20 bits per heavy atom. The number of nitrogens with one attached hydrogen (secondary N) is 1. The fraction of sp³-hybridized carbons (Fsp3) is 0.0667. The van der Waals surface area contributed by atoms with Crippen molar-refractivity contribution in [2.24, 2.45) is 0 Å². The van der Waals surface area contributed by atoms with Crippen LogP contribution in [0.5, 0.6) is 5.88 Å². The average Bonchev–Trinajstić information content (AvgIpc) is 2.85. The van der Waals surface area contributed by atoms with Crippen LogP contribution in [0, 0.1) is 6.92 Å². The zero-order valence-electron chi connectivity index (χ0n) is 10.8. The van der Waals surface area contributed by atoms with E-state index < -0.39 is 0 Å². The summed E-state index contributed by atoms with van der Waals surface area (Å²) in [7, 11) is 0. The van der Waals surface area contributed by atoms with Gasteiger partial charge < -0.3 is 14.5 Å². The van der Waals surface area contributed by atoms with Crippen molar-refractivity contribution in [3.63, 3.8) is 0 Å². The molecule has 0 bridgehead atoms. The number of aromatic nitrogens is 2. The third kappa shape index (κ3) is 1.99. The van der Waals surface area contributed by atoms with E-state index in [0.29, 0.717) is 22.7 Å². The van der Waals surface area contributed by atoms with Gasteiger partial charge in [0.15, 0.2) is 0 Å². The molecule has 3 rings (SSSR count). The molecular weight excluding hydrogens is 256 g/mol. The molecule has 5 nitrogen and oxygen atoms in total. The summed E-state index contributed by atoms with van der Waals surface area (Å²) >= 11 is 0. The number of rotatable bonds is 2. The molecule has 0 saturated carbocycles. The molecule has 0 atom stereocenters. The van der Waals surface area contributed by atoms with Gasteiger partial charge in [-0.1, -0.05) is 30.3 Å². The first-order valence-electron chi connectivity index (χ1n) is 6.10. The number of aromatic hydroxyl groups is 1. The Balaban J connectivity index is 2.18. The third-order valence-electron chi connectivity index (χ3n) is 3.08. The molecule has 0 spiro atoms. The Hall–Kier alpha value is -2.82. The number of nitrogens with zero attached hydrogens (tertiary/aromatic N) is 1. The molecule has 0 saturated heterocycles. The number of benzene rings is 1. The maximum Gasteiger partial charge on any atom is 0.262 e. The fourth-order valence-corrected chi connectivity index (χ4v) is 2.08. The maximum absolute atomic E-state index is 12.2. The molecule has 0 aliphatic rings. The van der Waals surface area contributed by atoms with E-state index in [9.17, 15) is 9.90 Å². The van der Waals surface area contributed by atoms with Crippen molar-refractivity contribution in [1.82, 2.24) is 9.97 Å². The summed E-state index contributed by atoms with van der Waals surface area (Å²) in [6, 6.07) is 10.6. The summed E-state index contributed by atoms with van der Waals surface area (Å²) in [4.78, 5) is 18.9. The lowest BCUT2D eigenvalue weighted by atomic mass is 10.1. The van der Waals surface area contributed by atoms with Gasteiger partial charge in [-0.3, -0.25) is 4.79 Å². The van der Waals surface area contributed by atoms with Crippen LogP contribution in [0.15, 0.2) is 51.9 Å². The number of aryl methyl sites for hydroxylation is 1. The molecule has 100 valence electrons. The van der Waals surface area contributed by atoms with Gasteiger partial charge >= 0.3 is 0 Å². The molecule has 2 heterocycles. The van der Waals surface area contributed by atoms with Crippen LogP contribution in [-0.2, 0) is 0 Å². The van der Waals surface area contributed by atoms with E-state index in [-0.39, 0.29) is 17.0 Å². The minimum Gasteiger partial charge on any atom is -0.493 e. The van der Waals surface area contributed by atoms with Crippen LogP contribution in [0.3, 0.4) is 0 Å². The second kappa shape index (κ2) is 4.70. The molecule has 0 fully saturated rings. The van der Waals surface area contributed by atoms with Crippen molar-refractivity contribution in [2.75, 3.05) is 0 Å². The Bertz CT molecular complexity index is 803. The van der Waals surface area contributed by atoms with Gasteiger partial charge in [-0.25, -0.2) is 0 Å². The van der Waals surface area contributed by atoms with Crippen molar-refractivity contribution in [2.45, 2.75) is 6.92 Å². The normalized spacial score (nSPS) is 10.7. The first-order chi connectivity index (χ1) is 9.66. The molecule has 20 heavy (non-hydrogen) atoms. The number of hydrogen-bond donors (Lipinski definition) is 2. The smallest absolute Gasteiger partial charge is 0.262 e. The minimum atomic E-state index is -0.390. The highest BCUT2D eigenvalue weighted by atomic mass is 16.3. The van der Waals surface area contributed by atoms with Gasteiger partial charge in [0, 0.05) is 0 Å². The SMILES string of the molecule is Cc1occc1-c1nc(O)c(-c2ccccc2)c(=O)[nH]1. The molecule has 0 radical (unpaired) electrons. The fourth-order valence-electron chi connectivity index (χ4n) is 2.08. The van der Waals surface area contributed by atoms with Crippen LogP contribution < -0.4 is 5.56 Å². The lowest BCUT2D eigenvalue weighted by Crippen LogP contribution is -2.12. The average molecular weight is 268 g/mol. The second-order valence-electron chi connectivity index (χ2n) is 4.37. The lowest BCUT2D eigenvalue weighted by molar-refractivity contribution is 0.454. The molecule has 0 aliphatic carbocycles. The topological polar surface area (TPSA) is 79.1 Å². The molecule has 2 N–H and O–H groups in total. The van der Waals surface area contributed by atoms with E-state index in [1.54, 1.807) is 37.3 Å². The van der Waals surface area contributed by atoms with Gasteiger partial charge in [0.25, 0.3) is 5.56 Å². The van der Waals surface area contributed by atoms with Crippen molar-refractivity contribution < 1.29 is 9.52 Å². The molecule has 3 aromatic rings. The molecule has 5 heteroatoms. The van der Waals surface area contributed by atoms with Crippen LogP contribution in [0.1, 0.15) is 5.76 Å². The van der Waals surface area contributed by atoms with Crippen molar-refractivity contribution in [3.05, 3.63) is 58.8 Å². The Morgan fingerprint density at radius 3 is 2.55 bits per heavy atom. The van der Waals surface area contributed by atoms with Gasteiger partial charge in [-0.05, 0) is 18.6 Å². The van der Waals surface area contributed by atoms with Crippen LogP contribution >= 0.6 is 0 Å². The number of aromatic amines is 1. The van der Waals surface area contributed by atoms with E-state index in [1.807, 2.05) is 6.07 Å². The molecule has 0 aliphatic heterocycles. The van der Waals surface area contributed by atoms with Crippen LogP contribution in [0.4, 0.5) is 0 Å². The quantitative estimate of drug-likeness (QED) is 0.749. The number of hydrogen-bond acceptors (Lipinski definition) is 4. The number of H-pyrrole nitrogens is 1. The maximum atomic E-state index is 12.2. The van der Waals surface area contributed by atoms with Gasteiger partial charge in [0.05, 0.1) is 11.8 Å². The molecule has 1 aromatic carbocycles. The van der Waals surface area contributed by atoms with Crippen molar-refractivity contribution in [3.8, 4) is 28.4 Å². The first-order valence-corrected chi connectivity index (χ1v) is 6.10. The predicted octanol–water partition coefficient (Wildman–Crippen LogP) is 2.71. The standard InChI is InChI=1S/C15H12N2O3/c1-9-11(7-8-20-9)13-16-14(18)12(15(19)17-13)10-5-3-2-4-6-10/h2-8H,1H3,(H2,16,17,18,19). The summed E-state index contributed by atoms with van der Waals surface area (Å²) in [5.41, 5.74) is 1.04. The van der Waals surface area contributed by atoms with Crippen LogP contribution in [0.2, 0.25) is 0 Å². The van der Waals surface area contributed by atoms with Crippen molar-refractivity contribution in [1.29, 1.82) is 0 Å². The van der Waals surface area contributed by atoms with E-state index in [0.717, 1.165) is 0 Å². The monoisotopic (exact) mass is 268 g/mol. The van der Waals surface area contributed by atoms with E-state index in [1.165, 1.54) is 6.26 Å². The predicted molar refractivity (Wildman–Crippen MR) is 74.4 cm³/mol. The van der Waals surface area contributed by atoms with Gasteiger partial charge in [-0.2, -0.15) is 4.98 Å².